The maximum atomic E-state index is 10.5. The first-order valence-electron chi connectivity index (χ1n) is 3.68. The number of rotatable bonds is 2. The van der Waals surface area contributed by atoms with Crippen LogP contribution in [0.4, 0.5) is 5.69 Å². The molecule has 0 radical (unpaired) electrons. The van der Waals surface area contributed by atoms with Gasteiger partial charge in [0.1, 0.15) is 0 Å². The molecule has 0 aliphatic rings. The van der Waals surface area contributed by atoms with E-state index in [9.17, 15) is 4.79 Å². The van der Waals surface area contributed by atoms with Crippen molar-refractivity contribution in [3.63, 3.8) is 0 Å². The lowest BCUT2D eigenvalue weighted by atomic mass is 10.1. The monoisotopic (exact) mass is 287 g/mol. The number of hydrogen-bond acceptors (Lipinski definition) is 2. The lowest BCUT2D eigenvalue weighted by Crippen LogP contribution is -2.03. The second kappa shape index (κ2) is 4.66. The Hall–Kier alpha value is -0.350. The molecule has 15 heavy (non-hydrogen) atoms. The number of anilines is 1. The topological polar surface area (TPSA) is 63.3 Å². The summed E-state index contributed by atoms with van der Waals surface area (Å²) in [6.07, 6.45) is -0.364. The Morgan fingerprint density at radius 2 is 1.47 bits per heavy atom. The van der Waals surface area contributed by atoms with Crippen molar-refractivity contribution < 1.29 is 9.90 Å². The smallest absolute Gasteiger partial charge is 0.307 e. The quantitative estimate of drug-likeness (QED) is 0.646. The van der Waals surface area contributed by atoms with Crippen LogP contribution in [0.3, 0.4) is 0 Å². The molecule has 0 bridgehead atoms. The lowest BCUT2D eigenvalue weighted by molar-refractivity contribution is -0.136. The summed E-state index contributed by atoms with van der Waals surface area (Å²) in [5.74, 6) is -1.09. The van der Waals surface area contributed by atoms with Crippen LogP contribution >= 0.6 is 46.4 Å². The number of carboxylic acid groups (broad SMARTS) is 1. The van der Waals surface area contributed by atoms with E-state index >= 15 is 0 Å². The number of halogens is 4. The van der Waals surface area contributed by atoms with Gasteiger partial charge in [-0.1, -0.05) is 46.4 Å². The van der Waals surface area contributed by atoms with Crippen LogP contribution in [0.5, 0.6) is 0 Å². The van der Waals surface area contributed by atoms with E-state index in [0.29, 0.717) is 0 Å². The normalized spacial score (nSPS) is 10.4. The number of carbonyl (C=O) groups is 1. The van der Waals surface area contributed by atoms with Crippen molar-refractivity contribution >= 4 is 58.1 Å². The molecule has 0 saturated carbocycles. The fourth-order valence-electron chi connectivity index (χ4n) is 1.00. The van der Waals surface area contributed by atoms with Gasteiger partial charge in [-0.15, -0.1) is 0 Å². The van der Waals surface area contributed by atoms with E-state index in [-0.39, 0.29) is 37.8 Å². The number of hydrogen-bond donors (Lipinski definition) is 2. The van der Waals surface area contributed by atoms with E-state index in [0.717, 1.165) is 0 Å². The van der Waals surface area contributed by atoms with Crippen LogP contribution in [0, 0.1) is 0 Å². The first-order chi connectivity index (χ1) is 6.86. The van der Waals surface area contributed by atoms with Crippen LogP contribution in [0.1, 0.15) is 5.56 Å². The summed E-state index contributed by atoms with van der Waals surface area (Å²) >= 11 is 23.1. The molecule has 7 heteroatoms. The fourth-order valence-corrected chi connectivity index (χ4v) is 2.04. The third-order valence-electron chi connectivity index (χ3n) is 1.72. The highest BCUT2D eigenvalue weighted by atomic mass is 35.5. The Morgan fingerprint density at radius 1 is 1.07 bits per heavy atom. The molecule has 1 aromatic carbocycles. The Labute approximate surface area is 106 Å². The lowest BCUT2D eigenvalue weighted by Gasteiger charge is -2.11. The molecule has 3 N–H and O–H groups in total. The molecule has 1 rings (SSSR count). The third kappa shape index (κ3) is 2.42. The van der Waals surface area contributed by atoms with Crippen molar-refractivity contribution in [3.8, 4) is 0 Å². The van der Waals surface area contributed by atoms with Gasteiger partial charge in [0.2, 0.25) is 0 Å². The fraction of sp³-hybridized carbons (Fsp3) is 0.125. The molecule has 0 fully saturated rings. The van der Waals surface area contributed by atoms with Crippen LogP contribution in [-0.4, -0.2) is 11.1 Å². The molecule has 0 unspecified atom stereocenters. The van der Waals surface area contributed by atoms with Crippen LogP contribution in [0.2, 0.25) is 20.1 Å². The first-order valence-corrected chi connectivity index (χ1v) is 5.19. The molecule has 0 aromatic heterocycles. The standard InChI is InChI=1S/C8H5Cl4NO2/c9-4-2(1-3(14)15)5(10)7(12)8(13)6(4)11/h1,13H2,(H,14,15). The van der Waals surface area contributed by atoms with E-state index in [1.165, 1.54) is 0 Å². The van der Waals surface area contributed by atoms with Gasteiger partial charge in [0, 0.05) is 5.56 Å². The molecule has 0 atom stereocenters. The minimum Gasteiger partial charge on any atom is -0.481 e. The summed E-state index contributed by atoms with van der Waals surface area (Å²) in [5.41, 5.74) is 5.71. The van der Waals surface area contributed by atoms with Crippen LogP contribution in [-0.2, 0) is 11.2 Å². The molecule has 0 heterocycles. The molecule has 0 aliphatic carbocycles. The van der Waals surface area contributed by atoms with Crippen molar-refractivity contribution in [2.75, 3.05) is 5.73 Å². The predicted octanol–water partition coefficient (Wildman–Crippen LogP) is 3.51. The molecule has 0 spiro atoms. The molecule has 0 amide bonds. The summed E-state index contributed by atoms with van der Waals surface area (Å²) in [5, 5.41) is 8.70. The zero-order valence-corrected chi connectivity index (χ0v) is 10.2. The van der Waals surface area contributed by atoms with E-state index in [4.69, 9.17) is 57.2 Å². The van der Waals surface area contributed by atoms with Gasteiger partial charge < -0.3 is 10.8 Å². The predicted molar refractivity (Wildman–Crippen MR) is 62.2 cm³/mol. The van der Waals surface area contributed by atoms with Gasteiger partial charge in [0.15, 0.2) is 0 Å². The first kappa shape index (κ1) is 12.7. The maximum absolute atomic E-state index is 10.5. The number of nitrogens with two attached hydrogens (primary N) is 1. The second-order valence-corrected chi connectivity index (χ2v) is 4.23. The van der Waals surface area contributed by atoms with Crippen molar-refractivity contribution in [3.05, 3.63) is 25.7 Å². The van der Waals surface area contributed by atoms with Gasteiger partial charge >= 0.3 is 5.97 Å². The number of carboxylic acids is 1. The van der Waals surface area contributed by atoms with E-state index < -0.39 is 5.97 Å². The summed E-state index contributed by atoms with van der Waals surface area (Å²) < 4.78 is 0. The van der Waals surface area contributed by atoms with Gasteiger partial charge in [-0.3, -0.25) is 4.79 Å². The van der Waals surface area contributed by atoms with E-state index in [1.807, 2.05) is 0 Å². The minimum absolute atomic E-state index is 0.0160. The van der Waals surface area contributed by atoms with Crippen molar-refractivity contribution in [1.29, 1.82) is 0 Å². The van der Waals surface area contributed by atoms with Gasteiger partial charge in [0.05, 0.1) is 32.2 Å². The molecule has 3 nitrogen and oxygen atoms in total. The van der Waals surface area contributed by atoms with Gasteiger partial charge in [-0.25, -0.2) is 0 Å². The Kier molecular flexibility index (Phi) is 3.95. The minimum atomic E-state index is -1.09. The highest BCUT2D eigenvalue weighted by molar-refractivity contribution is 6.50. The SMILES string of the molecule is Nc1c(Cl)c(Cl)c(CC(=O)O)c(Cl)c1Cl. The largest absolute Gasteiger partial charge is 0.481 e. The second-order valence-electron chi connectivity index (χ2n) is 2.72. The third-order valence-corrected chi connectivity index (χ3v) is 3.53. The Balaban J connectivity index is 3.45. The van der Waals surface area contributed by atoms with Crippen LogP contribution in [0.25, 0.3) is 0 Å². The van der Waals surface area contributed by atoms with Crippen molar-refractivity contribution in [2.24, 2.45) is 0 Å². The summed E-state index contributed by atoms with van der Waals surface area (Å²) in [7, 11) is 0. The molecule has 0 saturated heterocycles. The molecule has 1 aromatic rings. The Morgan fingerprint density at radius 3 is 1.80 bits per heavy atom. The van der Waals surface area contributed by atoms with Crippen molar-refractivity contribution in [1.82, 2.24) is 0 Å². The highest BCUT2D eigenvalue weighted by Gasteiger charge is 2.19. The average molecular weight is 289 g/mol. The zero-order chi connectivity index (χ0) is 11.7. The average Bonchev–Trinajstić information content (AvgIpc) is 2.18. The van der Waals surface area contributed by atoms with Crippen molar-refractivity contribution in [2.45, 2.75) is 6.42 Å². The van der Waals surface area contributed by atoms with E-state index in [1.54, 1.807) is 0 Å². The highest BCUT2D eigenvalue weighted by Crippen LogP contribution is 2.42. The Bertz CT molecular complexity index is 404. The van der Waals surface area contributed by atoms with E-state index in [2.05, 4.69) is 0 Å². The summed E-state index contributed by atoms with van der Waals surface area (Å²) in [6.45, 7) is 0. The van der Waals surface area contributed by atoms with Gasteiger partial charge in [-0.2, -0.15) is 0 Å². The van der Waals surface area contributed by atoms with Gasteiger partial charge in [-0.05, 0) is 0 Å². The molecule has 82 valence electrons. The maximum Gasteiger partial charge on any atom is 0.307 e. The molecule has 0 aliphatic heterocycles. The number of benzene rings is 1. The summed E-state index contributed by atoms with van der Waals surface area (Å²) in [6, 6.07) is 0. The van der Waals surface area contributed by atoms with Gasteiger partial charge in [0.25, 0.3) is 0 Å². The molecular formula is C8H5Cl4NO2. The number of nitrogen functional groups attached to an aromatic ring is 1. The molecular weight excluding hydrogens is 284 g/mol. The van der Waals surface area contributed by atoms with Crippen LogP contribution in [0.15, 0.2) is 0 Å². The summed E-state index contributed by atoms with van der Waals surface area (Å²) in [4.78, 5) is 10.5. The van der Waals surface area contributed by atoms with Crippen LogP contribution < -0.4 is 5.73 Å². The number of aliphatic carboxylic acids is 1. The zero-order valence-electron chi connectivity index (χ0n) is 7.15.